The Hall–Kier alpha value is -1.85. The number of aromatic nitrogens is 1. The Labute approximate surface area is 99.0 Å². The van der Waals surface area contributed by atoms with E-state index in [-0.39, 0.29) is 11.5 Å². The molecule has 1 amide bonds. The van der Waals surface area contributed by atoms with Crippen LogP contribution in [-0.4, -0.2) is 28.2 Å². The molecule has 1 aromatic rings. The van der Waals surface area contributed by atoms with E-state index >= 15 is 0 Å². The Morgan fingerprint density at radius 2 is 2.24 bits per heavy atom. The smallest absolute Gasteiger partial charge is 0.326 e. The number of hydrogen-bond acceptors (Lipinski definition) is 4. The van der Waals surface area contributed by atoms with Crippen LogP contribution >= 0.6 is 0 Å². The first-order valence-corrected chi connectivity index (χ1v) is 5.42. The molecule has 0 aliphatic heterocycles. The lowest BCUT2D eigenvalue weighted by molar-refractivity contribution is -0.140. The summed E-state index contributed by atoms with van der Waals surface area (Å²) in [6, 6.07) is -0.901. The van der Waals surface area contributed by atoms with Gasteiger partial charge in [0.1, 0.15) is 17.4 Å². The molecule has 0 aliphatic rings. The number of nitrogens with one attached hydrogen (secondary N) is 1. The van der Waals surface area contributed by atoms with Crippen molar-refractivity contribution < 1.29 is 19.2 Å². The van der Waals surface area contributed by atoms with Crippen LogP contribution in [0.5, 0.6) is 0 Å². The number of hydrogen-bond donors (Lipinski definition) is 2. The van der Waals surface area contributed by atoms with Crippen LogP contribution in [-0.2, 0) is 4.79 Å². The molecule has 2 unspecified atom stereocenters. The van der Waals surface area contributed by atoms with Crippen LogP contribution in [0, 0.1) is 12.8 Å². The zero-order valence-electron chi connectivity index (χ0n) is 10.1. The summed E-state index contributed by atoms with van der Waals surface area (Å²) in [4.78, 5) is 22.8. The van der Waals surface area contributed by atoms with Crippen LogP contribution in [0.1, 0.15) is 36.4 Å². The van der Waals surface area contributed by atoms with Crippen molar-refractivity contribution >= 4 is 11.9 Å². The standard InChI is InChI=1S/C11H16N2O4/c1-4-6(2)9(11(15)16)13-10(14)8-5-12-17-7(8)3/h5-6,9H,4H2,1-3H3,(H,13,14)(H,15,16). The highest BCUT2D eigenvalue weighted by atomic mass is 16.5. The number of carboxylic acid groups (broad SMARTS) is 1. The number of amides is 1. The van der Waals surface area contributed by atoms with E-state index < -0.39 is 17.9 Å². The monoisotopic (exact) mass is 240 g/mol. The molecule has 0 spiro atoms. The van der Waals surface area contributed by atoms with Gasteiger partial charge >= 0.3 is 5.97 Å². The maximum atomic E-state index is 11.8. The molecule has 0 saturated heterocycles. The van der Waals surface area contributed by atoms with Crippen LogP contribution in [0.15, 0.2) is 10.7 Å². The summed E-state index contributed by atoms with van der Waals surface area (Å²) in [6.45, 7) is 5.25. The van der Waals surface area contributed by atoms with E-state index in [1.807, 2.05) is 6.92 Å². The van der Waals surface area contributed by atoms with E-state index in [0.29, 0.717) is 12.2 Å². The number of nitrogens with zero attached hydrogens (tertiary/aromatic N) is 1. The molecule has 2 atom stereocenters. The highest BCUT2D eigenvalue weighted by Gasteiger charge is 2.26. The van der Waals surface area contributed by atoms with Crippen molar-refractivity contribution in [3.05, 3.63) is 17.5 Å². The van der Waals surface area contributed by atoms with Crippen molar-refractivity contribution in [1.82, 2.24) is 10.5 Å². The van der Waals surface area contributed by atoms with E-state index in [2.05, 4.69) is 10.5 Å². The molecule has 1 heterocycles. The molecule has 0 fully saturated rings. The lowest BCUT2D eigenvalue weighted by atomic mass is 9.99. The fourth-order valence-corrected chi connectivity index (χ4v) is 1.42. The zero-order chi connectivity index (χ0) is 13.0. The zero-order valence-corrected chi connectivity index (χ0v) is 10.1. The number of aliphatic carboxylic acids is 1. The Bertz CT molecular complexity index is 413. The van der Waals surface area contributed by atoms with Gasteiger partial charge in [-0.05, 0) is 12.8 Å². The molecular weight excluding hydrogens is 224 g/mol. The van der Waals surface area contributed by atoms with Crippen molar-refractivity contribution in [2.24, 2.45) is 5.92 Å². The summed E-state index contributed by atoms with van der Waals surface area (Å²) in [5, 5.41) is 15.0. The third-order valence-corrected chi connectivity index (χ3v) is 2.76. The maximum Gasteiger partial charge on any atom is 0.326 e. The highest BCUT2D eigenvalue weighted by molar-refractivity contribution is 5.97. The fraction of sp³-hybridized carbons (Fsp3) is 0.545. The average Bonchev–Trinajstić information content (AvgIpc) is 2.70. The van der Waals surface area contributed by atoms with Gasteiger partial charge in [-0.15, -0.1) is 0 Å². The van der Waals surface area contributed by atoms with Gasteiger partial charge in [0.25, 0.3) is 5.91 Å². The summed E-state index contributed by atoms with van der Waals surface area (Å²) in [5.41, 5.74) is 0.263. The number of rotatable bonds is 5. The minimum atomic E-state index is -1.04. The summed E-state index contributed by atoms with van der Waals surface area (Å²) in [7, 11) is 0. The normalized spacial score (nSPS) is 14.1. The molecular formula is C11H16N2O4. The summed E-state index contributed by atoms with van der Waals surface area (Å²) in [5.74, 6) is -1.29. The fourth-order valence-electron chi connectivity index (χ4n) is 1.42. The molecule has 0 aromatic carbocycles. The minimum absolute atomic E-state index is 0.142. The predicted octanol–water partition coefficient (Wildman–Crippen LogP) is 1.21. The van der Waals surface area contributed by atoms with Crippen LogP contribution in [0.3, 0.4) is 0 Å². The molecule has 6 heteroatoms. The van der Waals surface area contributed by atoms with Crippen molar-refractivity contribution in [1.29, 1.82) is 0 Å². The highest BCUT2D eigenvalue weighted by Crippen LogP contribution is 2.11. The van der Waals surface area contributed by atoms with Gasteiger partial charge in [-0.2, -0.15) is 0 Å². The number of carboxylic acids is 1. The second kappa shape index (κ2) is 5.47. The van der Waals surface area contributed by atoms with Gasteiger partial charge in [0.05, 0.1) is 6.20 Å². The molecule has 94 valence electrons. The van der Waals surface area contributed by atoms with Crippen molar-refractivity contribution in [3.63, 3.8) is 0 Å². The largest absolute Gasteiger partial charge is 0.480 e. The second-order valence-electron chi connectivity index (χ2n) is 3.97. The van der Waals surface area contributed by atoms with Crippen LogP contribution in [0.4, 0.5) is 0 Å². The molecule has 6 nitrogen and oxygen atoms in total. The summed E-state index contributed by atoms with van der Waals surface area (Å²) >= 11 is 0. The third-order valence-electron chi connectivity index (χ3n) is 2.76. The molecule has 2 N–H and O–H groups in total. The number of carbonyl (C=O) groups is 2. The van der Waals surface area contributed by atoms with Gasteiger partial charge in [-0.25, -0.2) is 4.79 Å². The average molecular weight is 240 g/mol. The topological polar surface area (TPSA) is 92.4 Å². The Morgan fingerprint density at radius 3 is 2.65 bits per heavy atom. The molecule has 1 aromatic heterocycles. The maximum absolute atomic E-state index is 11.8. The SMILES string of the molecule is CCC(C)C(NC(=O)c1cnoc1C)C(=O)O. The van der Waals surface area contributed by atoms with E-state index in [0.717, 1.165) is 0 Å². The van der Waals surface area contributed by atoms with Gasteiger partial charge < -0.3 is 14.9 Å². The Kier molecular flexibility index (Phi) is 4.25. The van der Waals surface area contributed by atoms with Gasteiger partial charge in [0, 0.05) is 0 Å². The quantitative estimate of drug-likeness (QED) is 0.807. The lowest BCUT2D eigenvalue weighted by Crippen LogP contribution is -2.45. The molecule has 0 aliphatic carbocycles. The van der Waals surface area contributed by atoms with Crippen molar-refractivity contribution in [2.75, 3.05) is 0 Å². The Balaban J connectivity index is 2.78. The summed E-state index contributed by atoms with van der Waals surface area (Å²) in [6.07, 6.45) is 1.94. The lowest BCUT2D eigenvalue weighted by Gasteiger charge is -2.19. The molecule has 0 saturated carbocycles. The van der Waals surface area contributed by atoms with Crippen LogP contribution < -0.4 is 5.32 Å². The van der Waals surface area contributed by atoms with Crippen molar-refractivity contribution in [2.45, 2.75) is 33.2 Å². The van der Waals surface area contributed by atoms with Crippen LogP contribution in [0.25, 0.3) is 0 Å². The first kappa shape index (κ1) is 13.2. The molecule has 1 rings (SSSR count). The van der Waals surface area contributed by atoms with Gasteiger partial charge in [-0.3, -0.25) is 4.79 Å². The summed E-state index contributed by atoms with van der Waals surface area (Å²) < 4.78 is 4.76. The first-order valence-electron chi connectivity index (χ1n) is 5.42. The third kappa shape index (κ3) is 3.05. The van der Waals surface area contributed by atoms with E-state index in [4.69, 9.17) is 9.63 Å². The molecule has 0 radical (unpaired) electrons. The number of aryl methyl sites for hydroxylation is 1. The second-order valence-corrected chi connectivity index (χ2v) is 3.97. The first-order chi connectivity index (χ1) is 7.97. The van der Waals surface area contributed by atoms with Gasteiger partial charge in [0.2, 0.25) is 0 Å². The Morgan fingerprint density at radius 1 is 1.59 bits per heavy atom. The number of carbonyl (C=O) groups excluding carboxylic acids is 1. The predicted molar refractivity (Wildman–Crippen MR) is 59.6 cm³/mol. The van der Waals surface area contributed by atoms with Crippen LogP contribution in [0.2, 0.25) is 0 Å². The minimum Gasteiger partial charge on any atom is -0.480 e. The van der Waals surface area contributed by atoms with Crippen molar-refractivity contribution in [3.8, 4) is 0 Å². The van der Waals surface area contributed by atoms with E-state index in [1.54, 1.807) is 13.8 Å². The van der Waals surface area contributed by atoms with Gasteiger partial charge in [0.15, 0.2) is 0 Å². The van der Waals surface area contributed by atoms with E-state index in [1.165, 1.54) is 6.20 Å². The molecule has 0 bridgehead atoms. The van der Waals surface area contributed by atoms with E-state index in [9.17, 15) is 9.59 Å². The molecule has 17 heavy (non-hydrogen) atoms. The van der Waals surface area contributed by atoms with Gasteiger partial charge in [-0.1, -0.05) is 25.4 Å².